The lowest BCUT2D eigenvalue weighted by Crippen LogP contribution is -2.57. The van der Waals surface area contributed by atoms with E-state index in [0.29, 0.717) is 50.8 Å². The molecule has 1 N–H and O–H groups in total. The normalized spacial score (nSPS) is 15.5. The van der Waals surface area contributed by atoms with Gasteiger partial charge in [-0.15, -0.1) is 0 Å². The van der Waals surface area contributed by atoms with Crippen molar-refractivity contribution in [3.8, 4) is 5.75 Å². The Hall–Kier alpha value is -2.61. The lowest BCUT2D eigenvalue weighted by Gasteiger charge is -2.34. The summed E-state index contributed by atoms with van der Waals surface area (Å²) in [4.78, 5) is 39.4. The summed E-state index contributed by atoms with van der Waals surface area (Å²) in [5.74, 6) is -0.435. The Morgan fingerprint density at radius 2 is 1.63 bits per heavy atom. The SMILES string of the molecule is CCCCCCCCCCOC(=O)CC1C(=O)NCCN1C(=O)c1ccc(OCCOCC)cc1. The lowest BCUT2D eigenvalue weighted by atomic mass is 10.1. The van der Waals surface area contributed by atoms with Crippen LogP contribution in [0.2, 0.25) is 0 Å². The van der Waals surface area contributed by atoms with Crippen LogP contribution in [0.15, 0.2) is 24.3 Å². The molecule has 8 heteroatoms. The molecule has 0 saturated carbocycles. The fourth-order valence-electron chi connectivity index (χ4n) is 4.02. The molecular weight excluding hydrogens is 448 g/mol. The van der Waals surface area contributed by atoms with Crippen molar-refractivity contribution >= 4 is 17.8 Å². The molecule has 1 aromatic carbocycles. The highest BCUT2D eigenvalue weighted by molar-refractivity contribution is 5.99. The number of nitrogens with zero attached hydrogens (tertiary/aromatic N) is 1. The van der Waals surface area contributed by atoms with E-state index < -0.39 is 12.0 Å². The zero-order valence-corrected chi connectivity index (χ0v) is 21.4. The molecule has 0 radical (unpaired) electrons. The van der Waals surface area contributed by atoms with E-state index in [4.69, 9.17) is 14.2 Å². The number of carbonyl (C=O) groups is 3. The van der Waals surface area contributed by atoms with Crippen LogP contribution in [0.3, 0.4) is 0 Å². The summed E-state index contributed by atoms with van der Waals surface area (Å²) in [6.07, 6.45) is 9.15. The third-order valence-corrected chi connectivity index (χ3v) is 6.01. The highest BCUT2D eigenvalue weighted by Crippen LogP contribution is 2.18. The Kier molecular flexibility index (Phi) is 13.8. The highest BCUT2D eigenvalue weighted by Gasteiger charge is 2.35. The van der Waals surface area contributed by atoms with E-state index in [-0.39, 0.29) is 18.2 Å². The van der Waals surface area contributed by atoms with Crippen molar-refractivity contribution in [1.82, 2.24) is 10.2 Å². The Morgan fingerprint density at radius 1 is 0.943 bits per heavy atom. The predicted octanol–water partition coefficient (Wildman–Crippen LogP) is 4.12. The van der Waals surface area contributed by atoms with Gasteiger partial charge in [0, 0.05) is 25.3 Å². The zero-order valence-electron chi connectivity index (χ0n) is 21.4. The molecule has 1 unspecified atom stereocenters. The number of carbonyl (C=O) groups excluding carboxylic acids is 3. The van der Waals surface area contributed by atoms with Crippen LogP contribution in [0.4, 0.5) is 0 Å². The van der Waals surface area contributed by atoms with Crippen molar-refractivity contribution in [2.75, 3.05) is 39.5 Å². The van der Waals surface area contributed by atoms with E-state index in [1.54, 1.807) is 24.3 Å². The monoisotopic (exact) mass is 490 g/mol. The molecule has 1 fully saturated rings. The van der Waals surface area contributed by atoms with Crippen LogP contribution in [0, 0.1) is 0 Å². The molecule has 0 bridgehead atoms. The largest absolute Gasteiger partial charge is 0.491 e. The number of amides is 2. The van der Waals surface area contributed by atoms with Gasteiger partial charge >= 0.3 is 5.97 Å². The number of piperazine rings is 1. The lowest BCUT2D eigenvalue weighted by molar-refractivity contribution is -0.147. The van der Waals surface area contributed by atoms with E-state index in [1.165, 1.54) is 37.0 Å². The molecule has 1 aliphatic heterocycles. The molecule has 1 saturated heterocycles. The van der Waals surface area contributed by atoms with Gasteiger partial charge in [0.2, 0.25) is 5.91 Å². The summed E-state index contributed by atoms with van der Waals surface area (Å²) in [6, 6.07) is 5.90. The van der Waals surface area contributed by atoms with Gasteiger partial charge in [0.1, 0.15) is 18.4 Å². The Bertz CT molecular complexity index is 767. The average molecular weight is 491 g/mol. The van der Waals surface area contributed by atoms with Crippen molar-refractivity contribution in [3.63, 3.8) is 0 Å². The minimum absolute atomic E-state index is 0.146. The van der Waals surface area contributed by atoms with Gasteiger partial charge in [-0.05, 0) is 37.6 Å². The molecule has 1 atom stereocenters. The van der Waals surface area contributed by atoms with Crippen LogP contribution in [0.25, 0.3) is 0 Å². The van der Waals surface area contributed by atoms with Gasteiger partial charge in [0.25, 0.3) is 5.91 Å². The smallest absolute Gasteiger partial charge is 0.308 e. The standard InChI is InChI=1S/C27H42N2O6/c1-3-5-6-7-8-9-10-11-18-35-25(30)21-24-26(31)28-16-17-29(24)27(32)22-12-14-23(15-13-22)34-20-19-33-4-2/h12-15,24H,3-11,16-21H2,1-2H3,(H,28,31). The van der Waals surface area contributed by atoms with Crippen LogP contribution >= 0.6 is 0 Å². The Labute approximate surface area is 209 Å². The van der Waals surface area contributed by atoms with Crippen molar-refractivity contribution in [3.05, 3.63) is 29.8 Å². The molecule has 0 aromatic heterocycles. The summed E-state index contributed by atoms with van der Waals surface area (Å²) < 4.78 is 16.2. The van der Waals surface area contributed by atoms with Gasteiger partial charge in [0.15, 0.2) is 0 Å². The predicted molar refractivity (Wildman–Crippen MR) is 134 cm³/mol. The Balaban J connectivity index is 1.79. The van der Waals surface area contributed by atoms with Gasteiger partial charge in [-0.3, -0.25) is 14.4 Å². The van der Waals surface area contributed by atoms with Crippen LogP contribution < -0.4 is 10.1 Å². The zero-order chi connectivity index (χ0) is 25.3. The van der Waals surface area contributed by atoms with Crippen LogP contribution in [0.1, 0.15) is 82.0 Å². The van der Waals surface area contributed by atoms with Crippen LogP contribution in [0.5, 0.6) is 5.75 Å². The first-order chi connectivity index (χ1) is 17.1. The molecule has 2 amide bonds. The van der Waals surface area contributed by atoms with Gasteiger partial charge in [0.05, 0.1) is 19.6 Å². The second-order valence-electron chi connectivity index (χ2n) is 8.77. The number of benzene rings is 1. The van der Waals surface area contributed by atoms with E-state index in [1.807, 2.05) is 6.92 Å². The molecule has 196 valence electrons. The molecular formula is C27H42N2O6. The number of nitrogens with one attached hydrogen (secondary N) is 1. The van der Waals surface area contributed by atoms with E-state index >= 15 is 0 Å². The van der Waals surface area contributed by atoms with Crippen molar-refractivity contribution in [2.45, 2.75) is 77.7 Å². The highest BCUT2D eigenvalue weighted by atomic mass is 16.5. The van der Waals surface area contributed by atoms with Gasteiger partial charge in [-0.25, -0.2) is 0 Å². The van der Waals surface area contributed by atoms with Crippen LogP contribution in [-0.2, 0) is 19.1 Å². The van der Waals surface area contributed by atoms with E-state index in [2.05, 4.69) is 12.2 Å². The molecule has 1 aliphatic rings. The van der Waals surface area contributed by atoms with E-state index in [9.17, 15) is 14.4 Å². The second kappa shape index (κ2) is 16.9. The summed E-state index contributed by atoms with van der Waals surface area (Å²) in [7, 11) is 0. The number of unbranched alkanes of at least 4 members (excludes halogenated alkanes) is 7. The first-order valence-corrected chi connectivity index (χ1v) is 13.1. The maximum Gasteiger partial charge on any atom is 0.308 e. The number of rotatable bonds is 17. The summed E-state index contributed by atoms with van der Waals surface area (Å²) >= 11 is 0. The topological polar surface area (TPSA) is 94.2 Å². The molecule has 1 heterocycles. The minimum Gasteiger partial charge on any atom is -0.491 e. The summed E-state index contributed by atoms with van der Waals surface area (Å²) in [5, 5.41) is 2.75. The average Bonchev–Trinajstić information content (AvgIpc) is 2.87. The number of esters is 1. The quantitative estimate of drug-likeness (QED) is 0.261. The maximum atomic E-state index is 13.1. The number of ether oxygens (including phenoxy) is 3. The van der Waals surface area contributed by atoms with Crippen molar-refractivity contribution < 1.29 is 28.6 Å². The van der Waals surface area contributed by atoms with Gasteiger partial charge in [-0.1, -0.05) is 51.9 Å². The molecule has 35 heavy (non-hydrogen) atoms. The molecule has 0 spiro atoms. The maximum absolute atomic E-state index is 13.1. The molecule has 1 aromatic rings. The summed E-state index contributed by atoms with van der Waals surface area (Å²) in [6.45, 7) is 6.73. The number of hydrogen-bond donors (Lipinski definition) is 1. The third kappa shape index (κ3) is 10.7. The fraction of sp³-hybridized carbons (Fsp3) is 0.667. The van der Waals surface area contributed by atoms with Crippen LogP contribution in [-0.4, -0.2) is 68.2 Å². The first kappa shape index (κ1) is 28.6. The summed E-state index contributed by atoms with van der Waals surface area (Å²) in [5.41, 5.74) is 0.439. The number of hydrogen-bond acceptors (Lipinski definition) is 6. The first-order valence-electron chi connectivity index (χ1n) is 13.1. The van der Waals surface area contributed by atoms with Gasteiger partial charge in [-0.2, -0.15) is 0 Å². The molecule has 0 aliphatic carbocycles. The van der Waals surface area contributed by atoms with Crippen molar-refractivity contribution in [2.24, 2.45) is 0 Å². The third-order valence-electron chi connectivity index (χ3n) is 6.01. The fourth-order valence-corrected chi connectivity index (χ4v) is 4.02. The van der Waals surface area contributed by atoms with Gasteiger partial charge < -0.3 is 24.4 Å². The molecule has 2 rings (SSSR count). The van der Waals surface area contributed by atoms with E-state index in [0.717, 1.165) is 19.3 Å². The second-order valence-corrected chi connectivity index (χ2v) is 8.77. The van der Waals surface area contributed by atoms with Crippen molar-refractivity contribution in [1.29, 1.82) is 0 Å². The minimum atomic E-state index is -0.871. The Morgan fingerprint density at radius 3 is 2.31 bits per heavy atom. The molecule has 8 nitrogen and oxygen atoms in total.